The molecule has 0 bridgehead atoms. The molecule has 2 rings (SSSR count). The largest absolute Gasteiger partial charge is 0.312 e. The molecule has 0 aromatic rings. The Bertz CT molecular complexity index is 256. The molecule has 92 valence electrons. The van der Waals surface area contributed by atoms with Crippen molar-refractivity contribution < 1.29 is 0 Å². The second kappa shape index (κ2) is 5.33. The summed E-state index contributed by atoms with van der Waals surface area (Å²) in [6, 6.07) is 0. The van der Waals surface area contributed by atoms with E-state index in [2.05, 4.69) is 24.5 Å². The van der Waals surface area contributed by atoms with Crippen LogP contribution in [0.5, 0.6) is 0 Å². The third kappa shape index (κ3) is 2.67. The minimum Gasteiger partial charge on any atom is -0.312 e. The Morgan fingerprint density at radius 2 is 2.00 bits per heavy atom. The van der Waals surface area contributed by atoms with Crippen molar-refractivity contribution in [1.29, 1.82) is 0 Å². The first-order valence-electron chi connectivity index (χ1n) is 6.85. The molecule has 1 saturated carbocycles. The minimum atomic E-state index is 0.628. The van der Waals surface area contributed by atoms with Gasteiger partial charge in [0, 0.05) is 26.2 Å². The van der Waals surface area contributed by atoms with Gasteiger partial charge in [0.15, 0.2) is 0 Å². The Balaban J connectivity index is 1.74. The van der Waals surface area contributed by atoms with Crippen molar-refractivity contribution in [3.05, 3.63) is 11.1 Å². The van der Waals surface area contributed by atoms with Gasteiger partial charge in [-0.15, -0.1) is 0 Å². The van der Waals surface area contributed by atoms with Crippen LogP contribution in [-0.2, 0) is 0 Å². The van der Waals surface area contributed by atoms with Crippen LogP contribution in [0.3, 0.4) is 0 Å². The Morgan fingerprint density at radius 3 is 2.50 bits per heavy atom. The van der Waals surface area contributed by atoms with E-state index < -0.39 is 0 Å². The zero-order chi connectivity index (χ0) is 11.4. The zero-order valence-electron chi connectivity index (χ0n) is 10.9. The molecule has 2 nitrogen and oxygen atoms in total. The maximum atomic E-state index is 3.68. The van der Waals surface area contributed by atoms with Crippen molar-refractivity contribution in [2.45, 2.75) is 46.0 Å². The topological polar surface area (TPSA) is 24.1 Å². The van der Waals surface area contributed by atoms with Crippen LogP contribution in [0.4, 0.5) is 0 Å². The van der Waals surface area contributed by atoms with Crippen LogP contribution in [-0.4, -0.2) is 26.2 Å². The van der Waals surface area contributed by atoms with E-state index in [0.717, 1.165) is 19.6 Å². The van der Waals surface area contributed by atoms with Crippen LogP contribution in [0.25, 0.3) is 0 Å². The van der Waals surface area contributed by atoms with Crippen molar-refractivity contribution >= 4 is 0 Å². The molecule has 0 aromatic heterocycles. The van der Waals surface area contributed by atoms with E-state index in [-0.39, 0.29) is 0 Å². The summed E-state index contributed by atoms with van der Waals surface area (Å²) in [4.78, 5) is 0. The summed E-state index contributed by atoms with van der Waals surface area (Å²) in [5, 5.41) is 6.99. The van der Waals surface area contributed by atoms with E-state index in [9.17, 15) is 0 Å². The molecular weight excluding hydrogens is 196 g/mol. The number of hydrogen-bond donors (Lipinski definition) is 2. The van der Waals surface area contributed by atoms with E-state index in [0.29, 0.717) is 5.41 Å². The minimum absolute atomic E-state index is 0.628. The van der Waals surface area contributed by atoms with Crippen LogP contribution < -0.4 is 10.6 Å². The Hall–Kier alpha value is -0.340. The number of hydrogen-bond acceptors (Lipinski definition) is 2. The SMILES string of the molecule is CCC1(CNCC(C)=C2CNC2)CCCC1. The highest BCUT2D eigenvalue weighted by Crippen LogP contribution is 2.40. The summed E-state index contributed by atoms with van der Waals surface area (Å²) in [6.45, 7) is 9.18. The summed E-state index contributed by atoms with van der Waals surface area (Å²) >= 11 is 0. The van der Waals surface area contributed by atoms with Gasteiger partial charge in [0.1, 0.15) is 0 Å². The van der Waals surface area contributed by atoms with Crippen LogP contribution >= 0.6 is 0 Å². The molecule has 16 heavy (non-hydrogen) atoms. The zero-order valence-corrected chi connectivity index (χ0v) is 10.9. The molecular formula is C14H26N2. The van der Waals surface area contributed by atoms with Crippen LogP contribution in [0.15, 0.2) is 11.1 Å². The Morgan fingerprint density at radius 1 is 1.31 bits per heavy atom. The van der Waals surface area contributed by atoms with Gasteiger partial charge in [-0.25, -0.2) is 0 Å². The van der Waals surface area contributed by atoms with Gasteiger partial charge in [-0.3, -0.25) is 0 Å². The van der Waals surface area contributed by atoms with Gasteiger partial charge in [0.05, 0.1) is 0 Å². The second-order valence-corrected chi connectivity index (χ2v) is 5.65. The van der Waals surface area contributed by atoms with Crippen molar-refractivity contribution in [2.75, 3.05) is 26.2 Å². The fourth-order valence-corrected chi connectivity index (χ4v) is 2.97. The molecule has 2 aliphatic rings. The highest BCUT2D eigenvalue weighted by Gasteiger charge is 2.31. The van der Waals surface area contributed by atoms with E-state index in [4.69, 9.17) is 0 Å². The lowest BCUT2D eigenvalue weighted by Crippen LogP contribution is -2.37. The molecule has 2 N–H and O–H groups in total. The van der Waals surface area contributed by atoms with Crippen molar-refractivity contribution in [1.82, 2.24) is 10.6 Å². The monoisotopic (exact) mass is 222 g/mol. The standard InChI is InChI=1S/C14H26N2/c1-3-14(6-4-5-7-14)11-16-8-12(2)13-9-15-10-13/h15-16H,3-11H2,1-2H3. The lowest BCUT2D eigenvalue weighted by atomic mass is 9.83. The van der Waals surface area contributed by atoms with Gasteiger partial charge < -0.3 is 10.6 Å². The normalized spacial score (nSPS) is 23.2. The van der Waals surface area contributed by atoms with E-state index >= 15 is 0 Å². The van der Waals surface area contributed by atoms with Gasteiger partial charge in [-0.05, 0) is 37.2 Å². The van der Waals surface area contributed by atoms with Gasteiger partial charge in [-0.2, -0.15) is 0 Å². The summed E-state index contributed by atoms with van der Waals surface area (Å²) in [5.41, 5.74) is 3.80. The summed E-state index contributed by atoms with van der Waals surface area (Å²) in [6.07, 6.45) is 7.11. The van der Waals surface area contributed by atoms with Gasteiger partial charge >= 0.3 is 0 Å². The fourth-order valence-electron chi connectivity index (χ4n) is 2.97. The highest BCUT2D eigenvalue weighted by atomic mass is 14.9. The summed E-state index contributed by atoms with van der Waals surface area (Å²) < 4.78 is 0. The van der Waals surface area contributed by atoms with E-state index in [1.807, 2.05) is 0 Å². The average Bonchev–Trinajstić information content (AvgIpc) is 2.64. The van der Waals surface area contributed by atoms with Gasteiger partial charge in [-0.1, -0.05) is 25.3 Å². The molecule has 1 aliphatic heterocycles. The van der Waals surface area contributed by atoms with Crippen LogP contribution in [0.2, 0.25) is 0 Å². The Kier molecular flexibility index (Phi) is 4.04. The maximum Gasteiger partial charge on any atom is 0.0183 e. The van der Waals surface area contributed by atoms with Crippen molar-refractivity contribution in [3.63, 3.8) is 0 Å². The number of nitrogens with one attached hydrogen (secondary N) is 2. The molecule has 0 unspecified atom stereocenters. The van der Waals surface area contributed by atoms with Gasteiger partial charge in [0.25, 0.3) is 0 Å². The Labute approximate surface area is 99.9 Å². The van der Waals surface area contributed by atoms with E-state index in [1.165, 1.54) is 38.6 Å². The highest BCUT2D eigenvalue weighted by molar-refractivity contribution is 5.22. The smallest absolute Gasteiger partial charge is 0.0183 e. The molecule has 0 atom stereocenters. The van der Waals surface area contributed by atoms with Crippen LogP contribution in [0, 0.1) is 5.41 Å². The number of rotatable bonds is 5. The molecule has 1 saturated heterocycles. The predicted octanol–water partition coefficient (Wildman–Crippen LogP) is 2.47. The average molecular weight is 222 g/mol. The third-order valence-electron chi connectivity index (χ3n) is 4.58. The molecule has 0 aromatic carbocycles. The molecule has 1 aliphatic carbocycles. The predicted molar refractivity (Wildman–Crippen MR) is 69.6 cm³/mol. The fraction of sp³-hybridized carbons (Fsp3) is 0.857. The van der Waals surface area contributed by atoms with Crippen molar-refractivity contribution in [3.8, 4) is 0 Å². The maximum absolute atomic E-state index is 3.68. The van der Waals surface area contributed by atoms with Gasteiger partial charge in [0.2, 0.25) is 0 Å². The molecule has 1 heterocycles. The van der Waals surface area contributed by atoms with E-state index in [1.54, 1.807) is 11.1 Å². The van der Waals surface area contributed by atoms with Crippen LogP contribution in [0.1, 0.15) is 46.0 Å². The summed E-state index contributed by atoms with van der Waals surface area (Å²) in [5.74, 6) is 0. The first kappa shape index (κ1) is 12.1. The first-order chi connectivity index (χ1) is 7.76. The lowest BCUT2D eigenvalue weighted by molar-refractivity contribution is 0.272. The quantitative estimate of drug-likeness (QED) is 0.698. The molecule has 2 heteroatoms. The lowest BCUT2D eigenvalue weighted by Gasteiger charge is -2.29. The third-order valence-corrected chi connectivity index (χ3v) is 4.58. The summed E-state index contributed by atoms with van der Waals surface area (Å²) in [7, 11) is 0. The molecule has 2 fully saturated rings. The molecule has 0 spiro atoms. The second-order valence-electron chi connectivity index (χ2n) is 5.65. The molecule has 0 radical (unpaired) electrons. The van der Waals surface area contributed by atoms with Crippen molar-refractivity contribution in [2.24, 2.45) is 5.41 Å². The molecule has 0 amide bonds. The first-order valence-corrected chi connectivity index (χ1v) is 6.85.